The Kier molecular flexibility index (Phi) is 3.75. The van der Waals surface area contributed by atoms with E-state index in [1.165, 1.54) is 12.1 Å². The number of carbonyl (C=O) groups is 1. The summed E-state index contributed by atoms with van der Waals surface area (Å²) in [6, 6.07) is 2.48. The number of alkyl halides is 3. The fourth-order valence-electron chi connectivity index (χ4n) is 1.60. The molecule has 1 atom stereocenters. The van der Waals surface area contributed by atoms with Crippen molar-refractivity contribution < 1.29 is 32.5 Å². The molecule has 0 aliphatic carbocycles. The van der Waals surface area contributed by atoms with Crippen molar-refractivity contribution in [3.8, 4) is 5.75 Å². The summed E-state index contributed by atoms with van der Waals surface area (Å²) in [6.07, 6.45) is -8.41. The third-order valence-electron chi connectivity index (χ3n) is 2.38. The van der Waals surface area contributed by atoms with Gasteiger partial charge in [0.15, 0.2) is 5.76 Å². The average Bonchev–Trinajstić information content (AvgIpc) is 2.32. The van der Waals surface area contributed by atoms with E-state index in [9.17, 15) is 18.0 Å². The molecule has 1 heterocycles. The van der Waals surface area contributed by atoms with Gasteiger partial charge in [-0.1, -0.05) is 23.2 Å². The summed E-state index contributed by atoms with van der Waals surface area (Å²) in [5.41, 5.74) is 0.0240. The molecule has 9 heteroatoms. The third kappa shape index (κ3) is 2.78. The molecule has 1 aromatic rings. The van der Waals surface area contributed by atoms with Crippen molar-refractivity contribution in [1.29, 1.82) is 0 Å². The maximum Gasteiger partial charge on any atom is 0.511 e. The lowest BCUT2D eigenvalue weighted by Crippen LogP contribution is -2.39. The molecule has 0 fully saturated rings. The summed E-state index contributed by atoms with van der Waals surface area (Å²) in [5.74, 6) is -1.10. The van der Waals surface area contributed by atoms with Gasteiger partial charge in [-0.15, -0.1) is 0 Å². The predicted molar refractivity (Wildman–Crippen MR) is 64.0 cm³/mol. The largest absolute Gasteiger partial charge is 0.511 e. The Balaban J connectivity index is 2.54. The maximum absolute atomic E-state index is 12.8. The molecular formula is C11H5Cl2F3O4. The standard InChI is InChI=1S/C11H5Cl2F3O4/c12-5-1-2-6-4(8(5)13)3-7(20-10(17)18)9(19-6)11(14,15)16/h1-3,9H,(H,17,18). The van der Waals surface area contributed by atoms with E-state index in [0.29, 0.717) is 0 Å². The number of benzene rings is 1. The second kappa shape index (κ2) is 5.06. The summed E-state index contributed by atoms with van der Waals surface area (Å²) in [5, 5.41) is 8.51. The van der Waals surface area contributed by atoms with Gasteiger partial charge in [-0.05, 0) is 18.2 Å². The Hall–Kier alpha value is -1.60. The van der Waals surface area contributed by atoms with Crippen molar-refractivity contribution >= 4 is 35.4 Å². The molecule has 1 aromatic carbocycles. The van der Waals surface area contributed by atoms with Crippen LogP contribution >= 0.6 is 23.2 Å². The quantitative estimate of drug-likeness (QED) is 0.778. The lowest BCUT2D eigenvalue weighted by molar-refractivity contribution is -0.191. The van der Waals surface area contributed by atoms with Crippen LogP contribution in [0.25, 0.3) is 6.08 Å². The molecule has 0 bridgehead atoms. The van der Waals surface area contributed by atoms with E-state index >= 15 is 0 Å². The van der Waals surface area contributed by atoms with E-state index in [2.05, 4.69) is 4.74 Å². The smallest absolute Gasteiger partial charge is 0.472 e. The molecule has 4 nitrogen and oxygen atoms in total. The van der Waals surface area contributed by atoms with Gasteiger partial charge in [-0.3, -0.25) is 0 Å². The van der Waals surface area contributed by atoms with Crippen LogP contribution in [-0.4, -0.2) is 23.5 Å². The first-order valence-electron chi connectivity index (χ1n) is 5.04. The Morgan fingerprint density at radius 2 is 2.00 bits per heavy atom. The van der Waals surface area contributed by atoms with Gasteiger partial charge in [0, 0.05) is 5.56 Å². The number of fused-ring (bicyclic) bond motifs is 1. The van der Waals surface area contributed by atoms with Crippen molar-refractivity contribution in [2.24, 2.45) is 0 Å². The number of carboxylic acid groups (broad SMARTS) is 1. The van der Waals surface area contributed by atoms with Crippen molar-refractivity contribution in [2.45, 2.75) is 12.3 Å². The van der Waals surface area contributed by atoms with Gasteiger partial charge < -0.3 is 14.6 Å². The Morgan fingerprint density at radius 3 is 2.55 bits per heavy atom. The van der Waals surface area contributed by atoms with Gasteiger partial charge >= 0.3 is 12.3 Å². The van der Waals surface area contributed by atoms with Crippen molar-refractivity contribution in [3.63, 3.8) is 0 Å². The highest BCUT2D eigenvalue weighted by Crippen LogP contribution is 2.42. The molecule has 2 rings (SSSR count). The number of halogens is 5. The van der Waals surface area contributed by atoms with E-state index in [0.717, 1.165) is 6.08 Å². The van der Waals surface area contributed by atoms with Gasteiger partial charge in [0.1, 0.15) is 5.75 Å². The van der Waals surface area contributed by atoms with E-state index in [-0.39, 0.29) is 21.4 Å². The molecule has 0 spiro atoms. The second-order valence-electron chi connectivity index (χ2n) is 3.73. The van der Waals surface area contributed by atoms with Crippen molar-refractivity contribution in [1.82, 2.24) is 0 Å². The Bertz CT molecular complexity index is 598. The summed E-state index contributed by atoms with van der Waals surface area (Å²) in [4.78, 5) is 10.5. The van der Waals surface area contributed by atoms with Gasteiger partial charge in [-0.25, -0.2) is 4.79 Å². The van der Waals surface area contributed by atoms with Gasteiger partial charge in [0.25, 0.3) is 6.10 Å². The van der Waals surface area contributed by atoms with Crippen molar-refractivity contribution in [2.75, 3.05) is 0 Å². The summed E-state index contributed by atoms with van der Waals surface area (Å²) in [7, 11) is 0. The van der Waals surface area contributed by atoms with Gasteiger partial charge in [0.05, 0.1) is 10.0 Å². The molecular weight excluding hydrogens is 324 g/mol. The molecule has 0 saturated heterocycles. The van der Waals surface area contributed by atoms with Crippen LogP contribution in [-0.2, 0) is 4.74 Å². The molecule has 20 heavy (non-hydrogen) atoms. The minimum absolute atomic E-state index is 0.0240. The molecule has 1 unspecified atom stereocenters. The topological polar surface area (TPSA) is 55.8 Å². The predicted octanol–water partition coefficient (Wildman–Crippen LogP) is 4.35. The summed E-state index contributed by atoms with van der Waals surface area (Å²) in [6.45, 7) is 0. The fraction of sp³-hybridized carbons (Fsp3) is 0.182. The first kappa shape index (κ1) is 14.8. The maximum atomic E-state index is 12.8. The SMILES string of the molecule is O=C(O)OC1=Cc2c(ccc(Cl)c2Cl)OC1C(F)(F)F. The normalized spacial score (nSPS) is 17.9. The van der Waals surface area contributed by atoms with Crippen LogP contribution in [0.15, 0.2) is 17.9 Å². The number of hydrogen-bond acceptors (Lipinski definition) is 3. The van der Waals surface area contributed by atoms with Crippen LogP contribution in [0.1, 0.15) is 5.56 Å². The molecule has 0 aromatic heterocycles. The third-order valence-corrected chi connectivity index (χ3v) is 3.20. The lowest BCUT2D eigenvalue weighted by Gasteiger charge is -2.27. The van der Waals surface area contributed by atoms with Crippen LogP contribution in [0.4, 0.5) is 18.0 Å². The second-order valence-corrected chi connectivity index (χ2v) is 4.51. The fourth-order valence-corrected chi connectivity index (χ4v) is 1.98. The van der Waals surface area contributed by atoms with Crippen LogP contribution in [0.3, 0.4) is 0 Å². The summed E-state index contributed by atoms with van der Waals surface area (Å²) >= 11 is 11.6. The molecule has 0 amide bonds. The number of ether oxygens (including phenoxy) is 2. The highest BCUT2D eigenvalue weighted by Gasteiger charge is 2.48. The summed E-state index contributed by atoms with van der Waals surface area (Å²) < 4.78 is 47.3. The molecule has 0 saturated carbocycles. The highest BCUT2D eigenvalue weighted by molar-refractivity contribution is 6.43. The molecule has 0 radical (unpaired) electrons. The lowest BCUT2D eigenvalue weighted by atomic mass is 10.1. The molecule has 1 aliphatic heterocycles. The van der Waals surface area contributed by atoms with Gasteiger partial charge in [0.2, 0.25) is 0 Å². The number of hydrogen-bond donors (Lipinski definition) is 1. The van der Waals surface area contributed by atoms with E-state index < -0.39 is 24.2 Å². The minimum Gasteiger partial charge on any atom is -0.472 e. The number of rotatable bonds is 1. The average molecular weight is 329 g/mol. The first-order valence-corrected chi connectivity index (χ1v) is 5.79. The highest BCUT2D eigenvalue weighted by atomic mass is 35.5. The van der Waals surface area contributed by atoms with Gasteiger partial charge in [-0.2, -0.15) is 13.2 Å². The first-order chi connectivity index (χ1) is 9.20. The zero-order valence-electron chi connectivity index (χ0n) is 9.37. The molecule has 1 aliphatic rings. The monoisotopic (exact) mass is 328 g/mol. The minimum atomic E-state index is -4.84. The van der Waals surface area contributed by atoms with Crippen LogP contribution in [0, 0.1) is 0 Å². The Labute approximate surface area is 120 Å². The van der Waals surface area contributed by atoms with Crippen LogP contribution in [0.2, 0.25) is 10.0 Å². The van der Waals surface area contributed by atoms with E-state index in [4.69, 9.17) is 33.0 Å². The van der Waals surface area contributed by atoms with Crippen molar-refractivity contribution in [3.05, 3.63) is 33.5 Å². The molecule has 1 N–H and O–H groups in total. The van der Waals surface area contributed by atoms with Crippen LogP contribution < -0.4 is 4.74 Å². The van der Waals surface area contributed by atoms with Crippen LogP contribution in [0.5, 0.6) is 5.75 Å². The zero-order chi connectivity index (χ0) is 15.1. The molecule has 108 valence electrons. The Morgan fingerprint density at radius 1 is 1.35 bits per heavy atom. The van der Waals surface area contributed by atoms with E-state index in [1.54, 1.807) is 0 Å². The van der Waals surface area contributed by atoms with E-state index in [1.807, 2.05) is 0 Å². The zero-order valence-corrected chi connectivity index (χ0v) is 10.9.